The molecule has 108 valence electrons. The number of amides is 2. The lowest BCUT2D eigenvalue weighted by Gasteiger charge is -2.24. The molecule has 2 atom stereocenters. The maximum Gasteiger partial charge on any atom is 0.317 e. The number of urea groups is 1. The minimum absolute atomic E-state index is 0.103. The van der Waals surface area contributed by atoms with Crippen molar-refractivity contribution in [3.63, 3.8) is 0 Å². The number of likely N-dealkylation sites (tertiary alicyclic amines) is 1. The summed E-state index contributed by atoms with van der Waals surface area (Å²) in [7, 11) is 0. The van der Waals surface area contributed by atoms with Crippen molar-refractivity contribution in [3.8, 4) is 0 Å². The molecule has 2 amide bonds. The monoisotopic (exact) mass is 268 g/mol. The Hall–Kier alpha value is -1.26. The molecule has 1 heterocycles. The predicted molar refractivity (Wildman–Crippen MR) is 71.9 cm³/mol. The van der Waals surface area contributed by atoms with E-state index in [4.69, 9.17) is 5.11 Å². The lowest BCUT2D eigenvalue weighted by Crippen LogP contribution is -2.44. The number of hydrogen-bond acceptors (Lipinski definition) is 2. The Kier molecular flexibility index (Phi) is 4.66. The summed E-state index contributed by atoms with van der Waals surface area (Å²) in [5.74, 6) is -0.447. The van der Waals surface area contributed by atoms with Crippen molar-refractivity contribution in [3.05, 3.63) is 0 Å². The number of nitrogens with zero attached hydrogens (tertiary/aromatic N) is 1. The summed E-state index contributed by atoms with van der Waals surface area (Å²) in [4.78, 5) is 24.7. The molecule has 19 heavy (non-hydrogen) atoms. The molecule has 5 heteroatoms. The third kappa shape index (κ3) is 3.39. The Morgan fingerprint density at radius 2 is 1.95 bits per heavy atom. The van der Waals surface area contributed by atoms with E-state index < -0.39 is 11.9 Å². The van der Waals surface area contributed by atoms with Gasteiger partial charge in [-0.3, -0.25) is 4.79 Å². The zero-order chi connectivity index (χ0) is 13.8. The lowest BCUT2D eigenvalue weighted by molar-refractivity contribution is -0.142. The van der Waals surface area contributed by atoms with E-state index in [0.29, 0.717) is 19.5 Å². The first-order valence-corrected chi connectivity index (χ1v) is 7.37. The molecule has 1 saturated heterocycles. The van der Waals surface area contributed by atoms with Gasteiger partial charge >= 0.3 is 12.0 Å². The average molecular weight is 268 g/mol. The molecule has 1 saturated carbocycles. The molecule has 1 aliphatic carbocycles. The summed E-state index contributed by atoms with van der Waals surface area (Å²) < 4.78 is 0. The second kappa shape index (κ2) is 6.26. The fourth-order valence-corrected chi connectivity index (χ4v) is 3.34. The van der Waals surface area contributed by atoms with Crippen molar-refractivity contribution in [2.24, 2.45) is 11.8 Å². The number of aliphatic carboxylic acids is 1. The van der Waals surface area contributed by atoms with E-state index in [1.807, 2.05) is 6.92 Å². The highest BCUT2D eigenvalue weighted by Crippen LogP contribution is 2.27. The zero-order valence-electron chi connectivity index (χ0n) is 11.6. The SMILES string of the molecule is CC1C(C(=O)O)CCN1C(=O)NCCC1CCCC1. The molecule has 2 fully saturated rings. The quantitative estimate of drug-likeness (QED) is 0.820. The van der Waals surface area contributed by atoms with Gasteiger partial charge in [0.25, 0.3) is 0 Å². The van der Waals surface area contributed by atoms with Crippen molar-refractivity contribution < 1.29 is 14.7 Å². The van der Waals surface area contributed by atoms with Crippen molar-refractivity contribution in [2.45, 2.75) is 51.5 Å². The molecule has 0 bridgehead atoms. The molecule has 5 nitrogen and oxygen atoms in total. The standard InChI is InChI=1S/C14H24N2O3/c1-10-12(13(17)18)7-9-16(10)14(19)15-8-6-11-4-2-3-5-11/h10-12H,2-9H2,1H3,(H,15,19)(H,17,18). The minimum atomic E-state index is -0.797. The van der Waals surface area contributed by atoms with E-state index in [-0.39, 0.29) is 12.1 Å². The van der Waals surface area contributed by atoms with Crippen LogP contribution >= 0.6 is 0 Å². The van der Waals surface area contributed by atoms with E-state index in [1.165, 1.54) is 25.7 Å². The van der Waals surface area contributed by atoms with Gasteiger partial charge in [-0.1, -0.05) is 25.7 Å². The molecule has 2 rings (SSSR count). The molecular formula is C14H24N2O3. The highest BCUT2D eigenvalue weighted by atomic mass is 16.4. The first kappa shape index (κ1) is 14.2. The van der Waals surface area contributed by atoms with Crippen LogP contribution in [0.4, 0.5) is 4.79 Å². The molecule has 1 aliphatic heterocycles. The highest BCUT2D eigenvalue weighted by Gasteiger charge is 2.37. The molecule has 2 aliphatic rings. The zero-order valence-corrected chi connectivity index (χ0v) is 11.6. The largest absolute Gasteiger partial charge is 0.481 e. The molecule has 0 radical (unpaired) electrons. The Morgan fingerprint density at radius 3 is 2.53 bits per heavy atom. The maximum atomic E-state index is 12.0. The summed E-state index contributed by atoms with van der Waals surface area (Å²) in [5.41, 5.74) is 0. The second-order valence-corrected chi connectivity index (χ2v) is 5.84. The number of rotatable bonds is 4. The highest BCUT2D eigenvalue weighted by molar-refractivity contribution is 5.78. The smallest absolute Gasteiger partial charge is 0.317 e. The Morgan fingerprint density at radius 1 is 1.26 bits per heavy atom. The van der Waals surface area contributed by atoms with Gasteiger partial charge in [0.15, 0.2) is 0 Å². The fourth-order valence-electron chi connectivity index (χ4n) is 3.34. The van der Waals surface area contributed by atoms with E-state index >= 15 is 0 Å². The van der Waals surface area contributed by atoms with Crippen LogP contribution in [0.3, 0.4) is 0 Å². The molecule has 0 spiro atoms. The van der Waals surface area contributed by atoms with Gasteiger partial charge in [-0.2, -0.15) is 0 Å². The molecule has 0 aromatic heterocycles. The van der Waals surface area contributed by atoms with E-state index in [0.717, 1.165) is 12.3 Å². The van der Waals surface area contributed by atoms with Crippen molar-refractivity contribution >= 4 is 12.0 Å². The van der Waals surface area contributed by atoms with Crippen LogP contribution in [0.5, 0.6) is 0 Å². The maximum absolute atomic E-state index is 12.0. The van der Waals surface area contributed by atoms with Crippen LogP contribution < -0.4 is 5.32 Å². The number of carbonyl (C=O) groups excluding carboxylic acids is 1. The minimum Gasteiger partial charge on any atom is -0.481 e. The van der Waals surface area contributed by atoms with Crippen molar-refractivity contribution in [1.29, 1.82) is 0 Å². The van der Waals surface area contributed by atoms with Gasteiger partial charge in [0.1, 0.15) is 0 Å². The van der Waals surface area contributed by atoms with Gasteiger partial charge < -0.3 is 15.3 Å². The Balaban J connectivity index is 1.72. The summed E-state index contributed by atoms with van der Waals surface area (Å²) in [5, 5.41) is 12.0. The number of nitrogens with one attached hydrogen (secondary N) is 1. The van der Waals surface area contributed by atoms with Crippen LogP contribution in [0, 0.1) is 11.8 Å². The van der Waals surface area contributed by atoms with Crippen LogP contribution in [0.1, 0.15) is 45.4 Å². The molecule has 0 aromatic rings. The number of hydrogen-bond donors (Lipinski definition) is 2. The normalized spacial score (nSPS) is 27.7. The van der Waals surface area contributed by atoms with Crippen molar-refractivity contribution in [1.82, 2.24) is 10.2 Å². The van der Waals surface area contributed by atoms with Crippen molar-refractivity contribution in [2.75, 3.05) is 13.1 Å². The molecule has 2 N–H and O–H groups in total. The first-order valence-electron chi connectivity index (χ1n) is 7.37. The summed E-state index contributed by atoms with van der Waals surface area (Å²) in [6.45, 7) is 3.08. The number of carboxylic acid groups (broad SMARTS) is 1. The Bertz CT molecular complexity index is 340. The summed E-state index contributed by atoms with van der Waals surface area (Å²) in [6, 6.07) is -0.307. The van der Waals surface area contributed by atoms with E-state index in [9.17, 15) is 9.59 Å². The van der Waals surface area contributed by atoms with Crippen LogP contribution in [0.2, 0.25) is 0 Å². The van der Waals surface area contributed by atoms with Crippen LogP contribution in [0.25, 0.3) is 0 Å². The van der Waals surface area contributed by atoms with E-state index in [2.05, 4.69) is 5.32 Å². The van der Waals surface area contributed by atoms with Gasteiger partial charge in [0, 0.05) is 19.1 Å². The molecule has 2 unspecified atom stereocenters. The molecule has 0 aromatic carbocycles. The van der Waals surface area contributed by atoms with Gasteiger partial charge in [0.2, 0.25) is 0 Å². The number of carbonyl (C=O) groups is 2. The van der Waals surface area contributed by atoms with Crippen LogP contribution in [-0.2, 0) is 4.79 Å². The van der Waals surface area contributed by atoms with E-state index in [1.54, 1.807) is 4.90 Å². The second-order valence-electron chi connectivity index (χ2n) is 5.84. The average Bonchev–Trinajstić information content (AvgIpc) is 2.98. The predicted octanol–water partition coefficient (Wildman–Crippen LogP) is 2.07. The topological polar surface area (TPSA) is 69.6 Å². The Labute approximate surface area is 114 Å². The van der Waals surface area contributed by atoms with Gasteiger partial charge in [-0.05, 0) is 25.7 Å². The first-order chi connectivity index (χ1) is 9.09. The third-order valence-corrected chi connectivity index (χ3v) is 4.64. The van der Waals surface area contributed by atoms with Crippen LogP contribution in [0.15, 0.2) is 0 Å². The lowest BCUT2D eigenvalue weighted by atomic mass is 10.0. The number of carboxylic acids is 1. The van der Waals surface area contributed by atoms with Gasteiger partial charge in [0.05, 0.1) is 5.92 Å². The summed E-state index contributed by atoms with van der Waals surface area (Å²) >= 11 is 0. The molecular weight excluding hydrogens is 244 g/mol. The third-order valence-electron chi connectivity index (χ3n) is 4.64. The van der Waals surface area contributed by atoms with Gasteiger partial charge in [-0.25, -0.2) is 4.79 Å². The fraction of sp³-hybridized carbons (Fsp3) is 0.857. The summed E-state index contributed by atoms with van der Waals surface area (Å²) in [6.07, 6.45) is 6.83. The van der Waals surface area contributed by atoms with Gasteiger partial charge in [-0.15, -0.1) is 0 Å². The van der Waals surface area contributed by atoms with Crippen LogP contribution in [-0.4, -0.2) is 41.1 Å².